The quantitative estimate of drug-likeness (QED) is 0.830. The zero-order valence-electron chi connectivity index (χ0n) is 15.0. The smallest absolute Gasteiger partial charge is 0.227 e. The van der Waals surface area contributed by atoms with Crippen molar-refractivity contribution in [2.75, 3.05) is 33.9 Å². The van der Waals surface area contributed by atoms with Crippen LogP contribution in [-0.2, 0) is 11.2 Å². The summed E-state index contributed by atoms with van der Waals surface area (Å²) in [5.74, 6) is 1.66. The average Bonchev–Trinajstić information content (AvgIpc) is 2.55. The number of carbonyl (C=O) groups excluding carboxylic acids is 1. The van der Waals surface area contributed by atoms with Crippen molar-refractivity contribution in [1.82, 2.24) is 9.80 Å². The Morgan fingerprint density at radius 1 is 1.21 bits per heavy atom. The van der Waals surface area contributed by atoms with Crippen LogP contribution < -0.4 is 9.47 Å². The molecular weight excluding hydrogens is 304 g/mol. The predicted octanol–water partition coefficient (Wildman–Crippen LogP) is 2.33. The molecule has 1 aromatic rings. The molecule has 2 fully saturated rings. The minimum absolute atomic E-state index is 0.169. The highest BCUT2D eigenvalue weighted by molar-refractivity contribution is 5.80. The van der Waals surface area contributed by atoms with Gasteiger partial charge in [0.2, 0.25) is 5.91 Å². The maximum Gasteiger partial charge on any atom is 0.227 e. The largest absolute Gasteiger partial charge is 0.497 e. The molecular formula is C19H28N2O3. The number of methoxy groups -OCH3 is 2. The van der Waals surface area contributed by atoms with E-state index in [1.54, 1.807) is 14.2 Å². The van der Waals surface area contributed by atoms with Gasteiger partial charge < -0.3 is 14.4 Å². The summed E-state index contributed by atoms with van der Waals surface area (Å²) in [6.45, 7) is 5.20. The van der Waals surface area contributed by atoms with Crippen molar-refractivity contribution in [3.63, 3.8) is 0 Å². The molecule has 2 heterocycles. The normalized spacial score (nSPS) is 22.1. The zero-order chi connectivity index (χ0) is 17.1. The first-order valence-electron chi connectivity index (χ1n) is 8.86. The molecule has 3 rings (SSSR count). The number of likely N-dealkylation sites (tertiary alicyclic amines) is 2. The van der Waals surface area contributed by atoms with Gasteiger partial charge in [0.05, 0.1) is 20.6 Å². The number of piperidine rings is 1. The molecule has 132 valence electrons. The lowest BCUT2D eigenvalue weighted by molar-refractivity contribution is -0.139. The third-order valence-electron chi connectivity index (χ3n) is 5.37. The first kappa shape index (κ1) is 17.1. The number of carbonyl (C=O) groups is 1. The summed E-state index contributed by atoms with van der Waals surface area (Å²) in [6, 6.07) is 6.79. The fraction of sp³-hybridized carbons (Fsp3) is 0.632. The van der Waals surface area contributed by atoms with Crippen LogP contribution in [0.25, 0.3) is 0 Å². The number of ether oxygens (including phenoxy) is 2. The van der Waals surface area contributed by atoms with Crippen molar-refractivity contribution >= 4 is 5.91 Å². The summed E-state index contributed by atoms with van der Waals surface area (Å²) in [4.78, 5) is 17.1. The molecule has 2 aliphatic heterocycles. The zero-order valence-corrected chi connectivity index (χ0v) is 15.0. The van der Waals surface area contributed by atoms with Crippen LogP contribution in [0.2, 0.25) is 0 Å². The van der Waals surface area contributed by atoms with Crippen LogP contribution in [0.3, 0.4) is 0 Å². The van der Waals surface area contributed by atoms with Crippen molar-refractivity contribution in [1.29, 1.82) is 0 Å². The van der Waals surface area contributed by atoms with Gasteiger partial charge in [0.25, 0.3) is 0 Å². The van der Waals surface area contributed by atoms with Crippen molar-refractivity contribution < 1.29 is 14.3 Å². The van der Waals surface area contributed by atoms with Gasteiger partial charge in [0.1, 0.15) is 11.5 Å². The molecule has 0 spiro atoms. The molecule has 0 aromatic heterocycles. The van der Waals surface area contributed by atoms with E-state index >= 15 is 0 Å². The molecule has 0 N–H and O–H groups in total. The van der Waals surface area contributed by atoms with Gasteiger partial charge in [-0.3, -0.25) is 9.69 Å². The SMILES string of the molecule is COc1ccc(OC)c(CC(=O)N2CC(N3CCCC[C@@H]3C)C2)c1. The number of hydrogen-bond donors (Lipinski definition) is 0. The Labute approximate surface area is 144 Å². The van der Waals surface area contributed by atoms with Crippen LogP contribution in [0.15, 0.2) is 18.2 Å². The molecule has 5 nitrogen and oxygen atoms in total. The van der Waals surface area contributed by atoms with E-state index < -0.39 is 0 Å². The van der Waals surface area contributed by atoms with E-state index in [-0.39, 0.29) is 5.91 Å². The Kier molecular flexibility index (Phi) is 5.29. The molecule has 5 heteroatoms. The Morgan fingerprint density at radius 3 is 2.67 bits per heavy atom. The van der Waals surface area contributed by atoms with E-state index in [0.717, 1.165) is 30.2 Å². The molecule has 0 radical (unpaired) electrons. The molecule has 0 bridgehead atoms. The minimum atomic E-state index is 0.169. The molecule has 1 atom stereocenters. The summed E-state index contributed by atoms with van der Waals surface area (Å²) >= 11 is 0. The average molecular weight is 332 g/mol. The van der Waals surface area contributed by atoms with Crippen LogP contribution in [0.4, 0.5) is 0 Å². The summed E-state index contributed by atoms with van der Waals surface area (Å²) < 4.78 is 10.6. The summed E-state index contributed by atoms with van der Waals surface area (Å²) in [6.07, 6.45) is 4.27. The van der Waals surface area contributed by atoms with E-state index in [2.05, 4.69) is 11.8 Å². The molecule has 0 unspecified atom stereocenters. The maximum absolute atomic E-state index is 12.6. The molecule has 0 saturated carbocycles. The van der Waals surface area contributed by atoms with Gasteiger partial charge in [-0.1, -0.05) is 6.42 Å². The van der Waals surface area contributed by atoms with Gasteiger partial charge in [0.15, 0.2) is 0 Å². The molecule has 1 aromatic carbocycles. The van der Waals surface area contributed by atoms with Gasteiger partial charge in [0, 0.05) is 30.7 Å². The first-order valence-corrected chi connectivity index (χ1v) is 8.86. The second-order valence-corrected chi connectivity index (χ2v) is 6.89. The second kappa shape index (κ2) is 7.43. The van der Waals surface area contributed by atoms with Gasteiger partial charge in [-0.15, -0.1) is 0 Å². The Morgan fingerprint density at radius 2 is 2.00 bits per heavy atom. The topological polar surface area (TPSA) is 42.0 Å². The Hall–Kier alpha value is -1.75. The fourth-order valence-electron chi connectivity index (χ4n) is 3.83. The maximum atomic E-state index is 12.6. The minimum Gasteiger partial charge on any atom is -0.497 e. The molecule has 2 saturated heterocycles. The third-order valence-corrected chi connectivity index (χ3v) is 5.37. The van der Waals surface area contributed by atoms with E-state index in [9.17, 15) is 4.79 Å². The van der Waals surface area contributed by atoms with Crippen LogP contribution in [0.1, 0.15) is 31.7 Å². The highest BCUT2D eigenvalue weighted by atomic mass is 16.5. The highest BCUT2D eigenvalue weighted by Gasteiger charge is 2.37. The van der Waals surface area contributed by atoms with Gasteiger partial charge in [-0.05, 0) is 44.5 Å². The molecule has 0 aliphatic carbocycles. The first-order chi connectivity index (χ1) is 11.6. The van der Waals surface area contributed by atoms with Crippen molar-refractivity contribution in [2.45, 2.75) is 44.7 Å². The lowest BCUT2D eigenvalue weighted by Gasteiger charge is -2.49. The number of benzene rings is 1. The van der Waals surface area contributed by atoms with E-state index in [0.29, 0.717) is 18.5 Å². The van der Waals surface area contributed by atoms with Crippen molar-refractivity contribution in [2.24, 2.45) is 0 Å². The van der Waals surface area contributed by atoms with E-state index in [4.69, 9.17) is 9.47 Å². The highest BCUT2D eigenvalue weighted by Crippen LogP contribution is 2.27. The van der Waals surface area contributed by atoms with E-state index in [1.807, 2.05) is 23.1 Å². The lowest BCUT2D eigenvalue weighted by Crippen LogP contribution is -2.63. The Balaban J connectivity index is 1.57. The lowest BCUT2D eigenvalue weighted by atomic mass is 9.97. The summed E-state index contributed by atoms with van der Waals surface area (Å²) in [5.41, 5.74) is 0.886. The van der Waals surface area contributed by atoms with E-state index in [1.165, 1.54) is 25.8 Å². The van der Waals surface area contributed by atoms with Gasteiger partial charge in [-0.2, -0.15) is 0 Å². The predicted molar refractivity (Wildman–Crippen MR) is 93.6 cm³/mol. The number of rotatable bonds is 5. The number of nitrogens with zero attached hydrogens (tertiary/aromatic N) is 2. The molecule has 2 aliphatic rings. The number of amides is 1. The standard InChI is InChI=1S/C19H28N2O3/c1-14-6-4-5-9-21(14)16-12-20(13-16)19(22)11-15-10-17(23-2)7-8-18(15)24-3/h7-8,10,14,16H,4-6,9,11-13H2,1-3H3/t14-/m0/s1. The van der Waals surface area contributed by atoms with Crippen molar-refractivity contribution in [3.8, 4) is 11.5 Å². The fourth-order valence-corrected chi connectivity index (χ4v) is 3.83. The summed E-state index contributed by atoms with van der Waals surface area (Å²) in [7, 11) is 3.26. The van der Waals surface area contributed by atoms with Crippen LogP contribution in [-0.4, -0.2) is 61.6 Å². The number of hydrogen-bond acceptors (Lipinski definition) is 4. The van der Waals surface area contributed by atoms with Gasteiger partial charge >= 0.3 is 0 Å². The van der Waals surface area contributed by atoms with Crippen LogP contribution >= 0.6 is 0 Å². The van der Waals surface area contributed by atoms with Gasteiger partial charge in [-0.25, -0.2) is 0 Å². The monoisotopic (exact) mass is 332 g/mol. The second-order valence-electron chi connectivity index (χ2n) is 6.89. The molecule has 24 heavy (non-hydrogen) atoms. The van der Waals surface area contributed by atoms with Crippen molar-refractivity contribution in [3.05, 3.63) is 23.8 Å². The summed E-state index contributed by atoms with van der Waals surface area (Å²) in [5, 5.41) is 0. The third kappa shape index (κ3) is 3.51. The van der Waals surface area contributed by atoms with Crippen LogP contribution in [0, 0.1) is 0 Å². The van der Waals surface area contributed by atoms with Crippen LogP contribution in [0.5, 0.6) is 11.5 Å². The molecule has 1 amide bonds. The Bertz CT molecular complexity index is 584.